The Hall–Kier alpha value is -1.64. The molecule has 12 heavy (non-hydrogen) atoms. The van der Waals surface area contributed by atoms with Crippen LogP contribution < -0.4 is 0 Å². The first-order valence-corrected chi connectivity index (χ1v) is 3.61. The van der Waals surface area contributed by atoms with Crippen LogP contribution in [0.15, 0.2) is 43.0 Å². The number of halogens is 1. The van der Waals surface area contributed by atoms with E-state index in [4.69, 9.17) is 0 Å². The molecule has 0 unspecified atom stereocenters. The van der Waals surface area contributed by atoms with Gasteiger partial charge in [0.25, 0.3) is 0 Å². The normalized spacial score (nSPS) is 10.1. The first-order chi connectivity index (χ1) is 5.88. The molecule has 0 atom stereocenters. The zero-order chi connectivity index (χ0) is 8.39. The summed E-state index contributed by atoms with van der Waals surface area (Å²) in [5.74, 6) is -0.311. The van der Waals surface area contributed by atoms with Crippen LogP contribution in [0.3, 0.4) is 0 Å². The third kappa shape index (κ3) is 1.09. The van der Waals surface area contributed by atoms with E-state index in [2.05, 4.69) is 4.98 Å². The first kappa shape index (κ1) is 7.03. The molecule has 2 aromatic rings. The van der Waals surface area contributed by atoms with Crippen LogP contribution in [0.2, 0.25) is 0 Å². The quantitative estimate of drug-likeness (QED) is 0.627. The second-order valence-electron chi connectivity index (χ2n) is 2.42. The van der Waals surface area contributed by atoms with Crippen LogP contribution in [0.1, 0.15) is 0 Å². The first-order valence-electron chi connectivity index (χ1n) is 3.61. The van der Waals surface area contributed by atoms with Crippen molar-refractivity contribution in [2.45, 2.75) is 0 Å². The number of aromatic nitrogens is 2. The summed E-state index contributed by atoms with van der Waals surface area (Å²) < 4.78 is 14.8. The summed E-state index contributed by atoms with van der Waals surface area (Å²) in [5.41, 5.74) is 0.523. The maximum absolute atomic E-state index is 13.1. The number of hydrogen-bond acceptors (Lipinski definition) is 1. The Morgan fingerprint density at radius 3 is 2.67 bits per heavy atom. The molecule has 0 radical (unpaired) electrons. The van der Waals surface area contributed by atoms with Gasteiger partial charge >= 0.3 is 0 Å². The topological polar surface area (TPSA) is 17.8 Å². The van der Waals surface area contributed by atoms with E-state index >= 15 is 0 Å². The summed E-state index contributed by atoms with van der Waals surface area (Å²) in [7, 11) is 0. The Balaban J connectivity index is 2.55. The van der Waals surface area contributed by atoms with Crippen LogP contribution in [0.5, 0.6) is 0 Å². The molecule has 0 aliphatic rings. The highest BCUT2D eigenvalue weighted by Crippen LogP contribution is 2.10. The summed E-state index contributed by atoms with van der Waals surface area (Å²) in [6, 6.07) is 5.33. The number of pyridine rings is 1. The third-order valence-corrected chi connectivity index (χ3v) is 1.63. The van der Waals surface area contributed by atoms with Gasteiger partial charge in [0.05, 0.1) is 11.9 Å². The Morgan fingerprint density at radius 2 is 2.00 bits per heavy atom. The number of rotatable bonds is 1. The summed E-state index contributed by atoms with van der Waals surface area (Å²) in [6.07, 6.45) is 6.35. The fraction of sp³-hybridized carbons (Fsp3) is 0. The second kappa shape index (κ2) is 2.77. The average Bonchev–Trinajstić information content (AvgIpc) is 2.57. The highest BCUT2D eigenvalue weighted by atomic mass is 19.1. The zero-order valence-electron chi connectivity index (χ0n) is 6.31. The molecule has 2 heterocycles. The largest absolute Gasteiger partial charge is 0.321 e. The van der Waals surface area contributed by atoms with Gasteiger partial charge in [-0.2, -0.15) is 0 Å². The van der Waals surface area contributed by atoms with Crippen molar-refractivity contribution >= 4 is 0 Å². The van der Waals surface area contributed by atoms with E-state index < -0.39 is 0 Å². The van der Waals surface area contributed by atoms with Crippen molar-refractivity contribution in [2.24, 2.45) is 0 Å². The van der Waals surface area contributed by atoms with Gasteiger partial charge in [-0.05, 0) is 18.2 Å². The van der Waals surface area contributed by atoms with Crippen LogP contribution in [-0.4, -0.2) is 9.55 Å². The predicted octanol–water partition coefficient (Wildman–Crippen LogP) is 2.01. The second-order valence-corrected chi connectivity index (χ2v) is 2.42. The maximum Gasteiger partial charge on any atom is 0.165 e. The molecule has 0 amide bonds. The molecule has 0 saturated heterocycles. The van der Waals surface area contributed by atoms with Crippen molar-refractivity contribution in [2.75, 3.05) is 0 Å². The molecule has 0 fully saturated rings. The minimum absolute atomic E-state index is 0.311. The standard InChI is InChI=1S/C9H7FN2/c10-8-7-11-4-3-9(8)12-5-1-2-6-12/h1-7H. The van der Waals surface area contributed by atoms with E-state index in [1.54, 1.807) is 29.2 Å². The highest BCUT2D eigenvalue weighted by molar-refractivity contribution is 5.31. The Bertz CT molecular complexity index is 368. The van der Waals surface area contributed by atoms with Crippen LogP contribution in [0.4, 0.5) is 4.39 Å². The average molecular weight is 162 g/mol. The molecular weight excluding hydrogens is 155 g/mol. The molecule has 0 aromatic carbocycles. The summed E-state index contributed by atoms with van der Waals surface area (Å²) in [6.45, 7) is 0. The summed E-state index contributed by atoms with van der Waals surface area (Å²) >= 11 is 0. The third-order valence-electron chi connectivity index (χ3n) is 1.63. The molecule has 0 saturated carbocycles. The van der Waals surface area contributed by atoms with Gasteiger partial charge in [-0.1, -0.05) is 0 Å². The molecule has 0 bridgehead atoms. The van der Waals surface area contributed by atoms with E-state index in [-0.39, 0.29) is 5.82 Å². The number of nitrogens with zero attached hydrogens (tertiary/aromatic N) is 2. The van der Waals surface area contributed by atoms with Gasteiger partial charge in [0.15, 0.2) is 5.82 Å². The van der Waals surface area contributed by atoms with Crippen molar-refractivity contribution in [3.8, 4) is 5.69 Å². The Morgan fingerprint density at radius 1 is 1.25 bits per heavy atom. The molecule has 60 valence electrons. The van der Waals surface area contributed by atoms with Crippen molar-refractivity contribution < 1.29 is 4.39 Å². The van der Waals surface area contributed by atoms with E-state index in [1.807, 2.05) is 12.1 Å². The fourth-order valence-corrected chi connectivity index (χ4v) is 1.07. The van der Waals surface area contributed by atoms with Gasteiger partial charge < -0.3 is 4.57 Å². The van der Waals surface area contributed by atoms with Gasteiger partial charge in [-0.3, -0.25) is 4.98 Å². The highest BCUT2D eigenvalue weighted by Gasteiger charge is 2.00. The molecule has 3 heteroatoms. The summed E-state index contributed by atoms with van der Waals surface area (Å²) in [5, 5.41) is 0. The molecule has 2 aromatic heterocycles. The van der Waals surface area contributed by atoms with E-state index in [0.29, 0.717) is 5.69 Å². The lowest BCUT2D eigenvalue weighted by molar-refractivity contribution is 0.612. The van der Waals surface area contributed by atoms with Crippen LogP contribution in [0, 0.1) is 5.82 Å². The molecule has 2 rings (SSSR count). The van der Waals surface area contributed by atoms with Crippen LogP contribution >= 0.6 is 0 Å². The minimum atomic E-state index is -0.311. The van der Waals surface area contributed by atoms with Gasteiger partial charge in [0, 0.05) is 18.6 Å². The van der Waals surface area contributed by atoms with Crippen LogP contribution in [0.25, 0.3) is 5.69 Å². The smallest absolute Gasteiger partial charge is 0.165 e. The molecule has 0 N–H and O–H groups in total. The summed E-state index contributed by atoms with van der Waals surface area (Å²) in [4.78, 5) is 3.67. The van der Waals surface area contributed by atoms with E-state index in [0.717, 1.165) is 0 Å². The van der Waals surface area contributed by atoms with E-state index in [9.17, 15) is 4.39 Å². The fourth-order valence-electron chi connectivity index (χ4n) is 1.07. The molecule has 0 aliphatic carbocycles. The van der Waals surface area contributed by atoms with Crippen molar-refractivity contribution in [3.05, 3.63) is 48.8 Å². The van der Waals surface area contributed by atoms with Gasteiger partial charge in [0.2, 0.25) is 0 Å². The molecule has 0 aliphatic heterocycles. The van der Waals surface area contributed by atoms with Gasteiger partial charge in [0.1, 0.15) is 0 Å². The molecule has 2 nitrogen and oxygen atoms in total. The predicted molar refractivity (Wildman–Crippen MR) is 43.5 cm³/mol. The Kier molecular flexibility index (Phi) is 1.63. The molecule has 0 spiro atoms. The minimum Gasteiger partial charge on any atom is -0.321 e. The lowest BCUT2D eigenvalue weighted by Crippen LogP contribution is -1.93. The molecular formula is C9H7FN2. The zero-order valence-corrected chi connectivity index (χ0v) is 6.31. The van der Waals surface area contributed by atoms with Crippen molar-refractivity contribution in [1.29, 1.82) is 0 Å². The Labute approximate surface area is 69.3 Å². The van der Waals surface area contributed by atoms with Crippen LogP contribution in [-0.2, 0) is 0 Å². The van der Waals surface area contributed by atoms with E-state index in [1.165, 1.54) is 6.20 Å². The van der Waals surface area contributed by atoms with Gasteiger partial charge in [-0.15, -0.1) is 0 Å². The van der Waals surface area contributed by atoms with Gasteiger partial charge in [-0.25, -0.2) is 4.39 Å². The monoisotopic (exact) mass is 162 g/mol. The SMILES string of the molecule is Fc1cnccc1-n1cccc1. The lowest BCUT2D eigenvalue weighted by atomic mass is 10.4. The lowest BCUT2D eigenvalue weighted by Gasteiger charge is -2.01. The number of hydrogen-bond donors (Lipinski definition) is 0. The van der Waals surface area contributed by atoms with Crippen molar-refractivity contribution in [1.82, 2.24) is 9.55 Å². The maximum atomic E-state index is 13.1. The van der Waals surface area contributed by atoms with Crippen molar-refractivity contribution in [3.63, 3.8) is 0 Å².